The number of carbonyl (C=O) groups excluding carboxylic acids is 1. The standard InChI is InChI=1S/C18H34N4O3S.HI/c1-4-19-18(22-9-6-15(12-22)11-14(2)3)20-8-5-17(23)21-16-7-10-26(24,25)13-16;/h14-16H,4-13H2,1-3H3,(H,19,20)(H,21,23);1H. The van der Waals surface area contributed by atoms with Crippen LogP contribution in [0.25, 0.3) is 0 Å². The molecule has 2 aliphatic rings. The third-order valence-electron chi connectivity index (χ3n) is 4.92. The van der Waals surface area contributed by atoms with Gasteiger partial charge in [0.25, 0.3) is 0 Å². The molecule has 7 nitrogen and oxygen atoms in total. The summed E-state index contributed by atoms with van der Waals surface area (Å²) in [6, 6.07) is -0.236. The second-order valence-corrected chi connectivity index (χ2v) is 10.1. The Hall–Kier alpha value is -0.580. The highest BCUT2D eigenvalue weighted by Crippen LogP contribution is 2.23. The fourth-order valence-corrected chi connectivity index (χ4v) is 5.46. The Morgan fingerprint density at radius 1 is 1.30 bits per heavy atom. The van der Waals surface area contributed by atoms with Crippen LogP contribution in [0.3, 0.4) is 0 Å². The maximum atomic E-state index is 12.0. The van der Waals surface area contributed by atoms with Gasteiger partial charge in [0, 0.05) is 32.1 Å². The smallest absolute Gasteiger partial charge is 0.222 e. The molecule has 0 saturated carbocycles. The first-order chi connectivity index (χ1) is 12.3. The molecule has 0 spiro atoms. The molecule has 0 aliphatic carbocycles. The zero-order chi connectivity index (χ0) is 19.2. The Balaban J connectivity index is 0.00000364. The average molecular weight is 514 g/mol. The third kappa shape index (κ3) is 8.53. The Morgan fingerprint density at radius 3 is 2.63 bits per heavy atom. The van der Waals surface area contributed by atoms with Crippen molar-refractivity contribution in [2.75, 3.05) is 37.7 Å². The fraction of sp³-hybridized carbons (Fsp3) is 0.889. The normalized spacial score (nSPS) is 24.7. The van der Waals surface area contributed by atoms with Crippen LogP contribution >= 0.6 is 24.0 Å². The van der Waals surface area contributed by atoms with Gasteiger partial charge in [0.2, 0.25) is 5.91 Å². The number of halogens is 1. The molecule has 27 heavy (non-hydrogen) atoms. The molecular weight excluding hydrogens is 479 g/mol. The summed E-state index contributed by atoms with van der Waals surface area (Å²) < 4.78 is 22.9. The van der Waals surface area contributed by atoms with E-state index in [2.05, 4.69) is 34.4 Å². The number of likely N-dealkylation sites (tertiary alicyclic amines) is 1. The topological polar surface area (TPSA) is 90.9 Å². The van der Waals surface area contributed by atoms with Crippen LogP contribution < -0.4 is 10.6 Å². The van der Waals surface area contributed by atoms with Crippen molar-refractivity contribution in [3.8, 4) is 0 Å². The summed E-state index contributed by atoms with van der Waals surface area (Å²) in [5, 5.41) is 6.14. The van der Waals surface area contributed by atoms with E-state index in [9.17, 15) is 13.2 Å². The average Bonchev–Trinajstić information content (AvgIpc) is 3.12. The van der Waals surface area contributed by atoms with Crippen LogP contribution in [0.5, 0.6) is 0 Å². The summed E-state index contributed by atoms with van der Waals surface area (Å²) in [6.45, 7) is 9.82. The van der Waals surface area contributed by atoms with Crippen LogP contribution in [0.1, 0.15) is 46.5 Å². The van der Waals surface area contributed by atoms with Gasteiger partial charge in [-0.05, 0) is 38.0 Å². The highest BCUT2D eigenvalue weighted by molar-refractivity contribution is 14.0. The molecule has 0 aromatic rings. The summed E-state index contributed by atoms with van der Waals surface area (Å²) in [7, 11) is -2.97. The lowest BCUT2D eigenvalue weighted by Gasteiger charge is -2.22. The van der Waals surface area contributed by atoms with Gasteiger partial charge in [-0.15, -0.1) is 24.0 Å². The largest absolute Gasteiger partial charge is 0.357 e. The van der Waals surface area contributed by atoms with Crippen molar-refractivity contribution in [1.29, 1.82) is 0 Å². The zero-order valence-electron chi connectivity index (χ0n) is 16.7. The summed E-state index contributed by atoms with van der Waals surface area (Å²) >= 11 is 0. The van der Waals surface area contributed by atoms with Gasteiger partial charge in [-0.1, -0.05) is 13.8 Å². The van der Waals surface area contributed by atoms with Crippen molar-refractivity contribution in [3.63, 3.8) is 0 Å². The second kappa shape index (κ2) is 11.4. The molecule has 2 unspecified atom stereocenters. The van der Waals surface area contributed by atoms with E-state index in [1.165, 1.54) is 12.8 Å². The molecule has 0 aromatic heterocycles. The summed E-state index contributed by atoms with van der Waals surface area (Å²) in [5.41, 5.74) is 0. The molecule has 2 rings (SSSR count). The minimum Gasteiger partial charge on any atom is -0.357 e. The Labute approximate surface area is 181 Å². The monoisotopic (exact) mass is 514 g/mol. The minimum atomic E-state index is -2.97. The van der Waals surface area contributed by atoms with Crippen LogP contribution in [0, 0.1) is 11.8 Å². The van der Waals surface area contributed by atoms with E-state index in [1.54, 1.807) is 0 Å². The predicted octanol–water partition coefficient (Wildman–Crippen LogP) is 1.63. The van der Waals surface area contributed by atoms with Crippen LogP contribution in [-0.2, 0) is 14.6 Å². The van der Waals surface area contributed by atoms with Crippen LogP contribution in [0.2, 0.25) is 0 Å². The van der Waals surface area contributed by atoms with E-state index >= 15 is 0 Å². The van der Waals surface area contributed by atoms with Crippen molar-refractivity contribution in [3.05, 3.63) is 0 Å². The van der Waals surface area contributed by atoms with E-state index in [0.29, 0.717) is 24.8 Å². The number of guanidine groups is 1. The first kappa shape index (κ1) is 24.5. The van der Waals surface area contributed by atoms with Gasteiger partial charge in [-0.3, -0.25) is 9.79 Å². The molecule has 9 heteroatoms. The van der Waals surface area contributed by atoms with Gasteiger partial charge >= 0.3 is 0 Å². The highest BCUT2D eigenvalue weighted by Gasteiger charge is 2.29. The molecular formula is C18H35IN4O3S. The number of hydrogen-bond donors (Lipinski definition) is 2. The maximum absolute atomic E-state index is 12.0. The van der Waals surface area contributed by atoms with Crippen molar-refractivity contribution in [1.82, 2.24) is 15.5 Å². The maximum Gasteiger partial charge on any atom is 0.222 e. The van der Waals surface area contributed by atoms with Gasteiger partial charge in [0.05, 0.1) is 18.1 Å². The molecule has 2 heterocycles. The third-order valence-corrected chi connectivity index (χ3v) is 6.69. The molecule has 158 valence electrons. The Bertz CT molecular complexity index is 610. The predicted molar refractivity (Wildman–Crippen MR) is 120 cm³/mol. The van der Waals surface area contributed by atoms with Crippen molar-refractivity contribution < 1.29 is 13.2 Å². The van der Waals surface area contributed by atoms with E-state index in [4.69, 9.17) is 0 Å². The van der Waals surface area contributed by atoms with E-state index in [1.807, 2.05) is 6.92 Å². The van der Waals surface area contributed by atoms with E-state index in [0.717, 1.165) is 25.6 Å². The zero-order valence-corrected chi connectivity index (χ0v) is 19.9. The summed E-state index contributed by atoms with van der Waals surface area (Å²) in [6.07, 6.45) is 3.24. The molecule has 2 atom stereocenters. The number of rotatable bonds is 7. The van der Waals surface area contributed by atoms with E-state index in [-0.39, 0.29) is 53.9 Å². The Morgan fingerprint density at radius 2 is 2.04 bits per heavy atom. The van der Waals surface area contributed by atoms with Gasteiger partial charge in [-0.2, -0.15) is 0 Å². The minimum absolute atomic E-state index is 0. The van der Waals surface area contributed by atoms with Crippen LogP contribution in [0.4, 0.5) is 0 Å². The first-order valence-electron chi connectivity index (χ1n) is 9.82. The quantitative estimate of drug-likeness (QED) is 0.306. The fourth-order valence-electron chi connectivity index (χ4n) is 3.78. The molecule has 0 bridgehead atoms. The number of aliphatic imine (C=N–C) groups is 1. The molecule has 2 fully saturated rings. The lowest BCUT2D eigenvalue weighted by molar-refractivity contribution is -0.121. The number of amides is 1. The molecule has 2 saturated heterocycles. The molecule has 0 aromatic carbocycles. The summed E-state index contributed by atoms with van der Waals surface area (Å²) in [5.74, 6) is 2.43. The molecule has 2 aliphatic heterocycles. The lowest BCUT2D eigenvalue weighted by Crippen LogP contribution is -2.40. The lowest BCUT2D eigenvalue weighted by atomic mass is 9.97. The SMILES string of the molecule is CCNC(=NCCC(=O)NC1CCS(=O)(=O)C1)N1CCC(CC(C)C)C1.I. The van der Waals surface area contributed by atoms with E-state index < -0.39 is 9.84 Å². The van der Waals surface area contributed by atoms with Gasteiger partial charge in [0.15, 0.2) is 15.8 Å². The van der Waals surface area contributed by atoms with Crippen LogP contribution in [-0.4, -0.2) is 68.9 Å². The number of hydrogen-bond acceptors (Lipinski definition) is 4. The molecule has 1 amide bonds. The number of nitrogens with one attached hydrogen (secondary N) is 2. The van der Waals surface area contributed by atoms with Crippen LogP contribution in [0.15, 0.2) is 4.99 Å². The van der Waals surface area contributed by atoms with Crippen molar-refractivity contribution >= 4 is 45.7 Å². The number of carbonyl (C=O) groups is 1. The van der Waals surface area contributed by atoms with Crippen molar-refractivity contribution in [2.24, 2.45) is 16.8 Å². The van der Waals surface area contributed by atoms with Gasteiger partial charge in [-0.25, -0.2) is 8.42 Å². The first-order valence-corrected chi connectivity index (χ1v) is 11.6. The highest BCUT2D eigenvalue weighted by atomic mass is 127. The van der Waals surface area contributed by atoms with Gasteiger partial charge < -0.3 is 15.5 Å². The Kier molecular flexibility index (Phi) is 10.4. The summed E-state index contributed by atoms with van der Waals surface area (Å²) in [4.78, 5) is 18.9. The molecule has 2 N–H and O–H groups in total. The van der Waals surface area contributed by atoms with Gasteiger partial charge in [0.1, 0.15) is 0 Å². The number of sulfone groups is 1. The second-order valence-electron chi connectivity index (χ2n) is 7.88. The van der Waals surface area contributed by atoms with Crippen molar-refractivity contribution in [2.45, 2.75) is 52.5 Å². The number of nitrogens with zero attached hydrogens (tertiary/aromatic N) is 2. The molecule has 0 radical (unpaired) electrons.